The van der Waals surface area contributed by atoms with Crippen molar-refractivity contribution in [2.45, 2.75) is 46.5 Å². The summed E-state index contributed by atoms with van der Waals surface area (Å²) in [7, 11) is 1.29. The van der Waals surface area contributed by atoms with Gasteiger partial charge in [-0.3, -0.25) is 4.79 Å². The lowest BCUT2D eigenvalue weighted by molar-refractivity contribution is -0.116. The number of thiophene rings is 1. The van der Waals surface area contributed by atoms with Crippen LogP contribution >= 0.6 is 11.3 Å². The van der Waals surface area contributed by atoms with Gasteiger partial charge in [-0.2, -0.15) is 0 Å². The molecule has 2 aromatic carbocycles. The van der Waals surface area contributed by atoms with Crippen molar-refractivity contribution in [1.82, 2.24) is 0 Å². The van der Waals surface area contributed by atoms with Gasteiger partial charge in [-0.1, -0.05) is 32.0 Å². The second-order valence-electron chi connectivity index (χ2n) is 8.41. The van der Waals surface area contributed by atoms with Gasteiger partial charge in [-0.25, -0.2) is 9.18 Å². The van der Waals surface area contributed by atoms with Gasteiger partial charge in [0, 0.05) is 16.9 Å². The number of methoxy groups -OCH3 is 1. The third-order valence-electron chi connectivity index (χ3n) is 5.54. The van der Waals surface area contributed by atoms with Crippen LogP contribution < -0.4 is 10.1 Å². The maximum atomic E-state index is 13.4. The Morgan fingerprint density at radius 2 is 1.79 bits per heavy atom. The normalized spacial score (nSPS) is 10.9. The van der Waals surface area contributed by atoms with E-state index < -0.39 is 5.97 Å². The van der Waals surface area contributed by atoms with Crippen LogP contribution in [-0.2, 0) is 9.53 Å². The average Bonchev–Trinajstić information content (AvgIpc) is 3.11. The number of nitrogens with one attached hydrogen (secondary N) is 1. The number of carbonyl (C=O) groups excluding carboxylic acids is 2. The highest BCUT2D eigenvalue weighted by atomic mass is 32.1. The SMILES string of the molecule is COC(=O)c1c(NC(=O)CCCOc2ccc(C(C)C)c(C)c2)sc(C)c1-c1ccc(F)cc1. The third-order valence-corrected chi connectivity index (χ3v) is 6.56. The predicted molar refractivity (Wildman–Crippen MR) is 134 cm³/mol. The number of rotatable bonds is 9. The molecule has 0 atom stereocenters. The fourth-order valence-corrected chi connectivity index (χ4v) is 4.97. The van der Waals surface area contributed by atoms with Crippen LogP contribution in [0.5, 0.6) is 5.75 Å². The molecule has 3 aromatic rings. The summed E-state index contributed by atoms with van der Waals surface area (Å²) < 4.78 is 24.1. The number of halogens is 1. The fourth-order valence-electron chi connectivity index (χ4n) is 3.89. The topological polar surface area (TPSA) is 64.6 Å². The maximum Gasteiger partial charge on any atom is 0.341 e. The first-order valence-electron chi connectivity index (χ1n) is 11.2. The number of esters is 1. The molecule has 34 heavy (non-hydrogen) atoms. The molecular formula is C27H30FNO4S. The minimum Gasteiger partial charge on any atom is -0.494 e. The van der Waals surface area contributed by atoms with Gasteiger partial charge in [0.15, 0.2) is 0 Å². The highest BCUT2D eigenvalue weighted by Gasteiger charge is 2.25. The molecule has 0 saturated carbocycles. The number of anilines is 1. The zero-order chi connectivity index (χ0) is 24.8. The minimum absolute atomic E-state index is 0.216. The van der Waals surface area contributed by atoms with E-state index >= 15 is 0 Å². The van der Waals surface area contributed by atoms with Crippen molar-refractivity contribution in [3.63, 3.8) is 0 Å². The van der Waals surface area contributed by atoms with E-state index in [2.05, 4.69) is 32.2 Å². The van der Waals surface area contributed by atoms with E-state index in [0.717, 1.165) is 10.6 Å². The number of aryl methyl sites for hydroxylation is 2. The number of benzene rings is 2. The first-order valence-corrected chi connectivity index (χ1v) is 12.0. The molecule has 0 aliphatic carbocycles. The summed E-state index contributed by atoms with van der Waals surface area (Å²) in [5.41, 5.74) is 4.07. The predicted octanol–water partition coefficient (Wildman–Crippen LogP) is 6.88. The Morgan fingerprint density at radius 3 is 2.41 bits per heavy atom. The van der Waals surface area contributed by atoms with Crippen LogP contribution in [-0.4, -0.2) is 25.6 Å². The lowest BCUT2D eigenvalue weighted by atomic mass is 9.98. The molecule has 1 N–H and O–H groups in total. The standard InChI is InChI=1S/C27H30FNO4S/c1-16(2)22-13-12-21(15-17(22)3)33-14-6-7-23(30)29-26-25(27(31)32-5)24(18(4)34-26)19-8-10-20(28)11-9-19/h8-13,15-16H,6-7,14H2,1-5H3,(H,29,30). The third kappa shape index (κ3) is 6.03. The summed E-state index contributed by atoms with van der Waals surface area (Å²) in [6.07, 6.45) is 0.770. The quantitative estimate of drug-likeness (QED) is 0.266. The molecule has 3 rings (SSSR count). The van der Waals surface area contributed by atoms with E-state index in [1.807, 2.05) is 19.1 Å². The first kappa shape index (κ1) is 25.4. The zero-order valence-electron chi connectivity index (χ0n) is 20.2. The van der Waals surface area contributed by atoms with Gasteiger partial charge in [0.1, 0.15) is 22.1 Å². The van der Waals surface area contributed by atoms with Gasteiger partial charge in [-0.15, -0.1) is 11.3 Å². The van der Waals surface area contributed by atoms with Crippen molar-refractivity contribution in [2.24, 2.45) is 0 Å². The highest BCUT2D eigenvalue weighted by molar-refractivity contribution is 7.17. The van der Waals surface area contributed by atoms with Crippen molar-refractivity contribution in [1.29, 1.82) is 0 Å². The lowest BCUT2D eigenvalue weighted by Crippen LogP contribution is -2.15. The van der Waals surface area contributed by atoms with E-state index in [0.29, 0.717) is 35.1 Å². The molecule has 5 nitrogen and oxygen atoms in total. The first-order chi connectivity index (χ1) is 16.2. The second kappa shape index (κ2) is 11.3. The van der Waals surface area contributed by atoms with Gasteiger partial charge in [0.2, 0.25) is 5.91 Å². The molecule has 0 fully saturated rings. The second-order valence-corrected chi connectivity index (χ2v) is 9.63. The number of hydrogen-bond donors (Lipinski definition) is 1. The van der Waals surface area contributed by atoms with E-state index in [4.69, 9.17) is 9.47 Å². The van der Waals surface area contributed by atoms with Gasteiger partial charge in [0.25, 0.3) is 0 Å². The summed E-state index contributed by atoms with van der Waals surface area (Å²) in [6, 6.07) is 11.9. The summed E-state index contributed by atoms with van der Waals surface area (Å²) in [6.45, 7) is 8.64. The molecule has 0 bridgehead atoms. The van der Waals surface area contributed by atoms with Crippen molar-refractivity contribution >= 4 is 28.2 Å². The molecular weight excluding hydrogens is 453 g/mol. The molecule has 1 aromatic heterocycles. The monoisotopic (exact) mass is 483 g/mol. The summed E-state index contributed by atoms with van der Waals surface area (Å²) in [5.74, 6) is 0.109. The van der Waals surface area contributed by atoms with Gasteiger partial charge >= 0.3 is 5.97 Å². The van der Waals surface area contributed by atoms with E-state index in [1.165, 1.54) is 41.7 Å². The molecule has 0 saturated heterocycles. The smallest absolute Gasteiger partial charge is 0.341 e. The van der Waals surface area contributed by atoms with Crippen LogP contribution in [0.1, 0.15) is 59.0 Å². The molecule has 1 amide bonds. The molecule has 1 heterocycles. The van der Waals surface area contributed by atoms with Crippen molar-refractivity contribution < 1.29 is 23.5 Å². The van der Waals surface area contributed by atoms with Crippen LogP contribution in [0.3, 0.4) is 0 Å². The number of amides is 1. The van der Waals surface area contributed by atoms with Crippen LogP contribution in [0, 0.1) is 19.7 Å². The van der Waals surface area contributed by atoms with Crippen LogP contribution in [0.15, 0.2) is 42.5 Å². The van der Waals surface area contributed by atoms with Gasteiger partial charge < -0.3 is 14.8 Å². The number of ether oxygens (including phenoxy) is 2. The fraction of sp³-hybridized carbons (Fsp3) is 0.333. The molecule has 180 valence electrons. The maximum absolute atomic E-state index is 13.4. The molecule has 0 aliphatic heterocycles. The zero-order valence-corrected chi connectivity index (χ0v) is 21.0. The highest BCUT2D eigenvalue weighted by Crippen LogP contribution is 2.40. The summed E-state index contributed by atoms with van der Waals surface area (Å²) in [4.78, 5) is 26.0. The molecule has 0 spiro atoms. The Morgan fingerprint density at radius 1 is 1.09 bits per heavy atom. The van der Waals surface area contributed by atoms with E-state index in [9.17, 15) is 14.0 Å². The number of hydrogen-bond acceptors (Lipinski definition) is 5. The van der Waals surface area contributed by atoms with Crippen molar-refractivity contribution in [3.8, 4) is 16.9 Å². The van der Waals surface area contributed by atoms with Crippen LogP contribution in [0.2, 0.25) is 0 Å². The Bertz CT molecular complexity index is 1170. The Balaban J connectivity index is 1.64. The minimum atomic E-state index is -0.553. The number of carbonyl (C=O) groups is 2. The molecule has 7 heteroatoms. The van der Waals surface area contributed by atoms with Crippen molar-refractivity contribution in [3.05, 3.63) is 69.8 Å². The Kier molecular flexibility index (Phi) is 8.45. The largest absolute Gasteiger partial charge is 0.494 e. The molecule has 0 aliphatic rings. The summed E-state index contributed by atoms with van der Waals surface area (Å²) >= 11 is 1.30. The summed E-state index contributed by atoms with van der Waals surface area (Å²) in [5, 5.41) is 3.27. The van der Waals surface area contributed by atoms with Crippen LogP contribution in [0.25, 0.3) is 11.1 Å². The van der Waals surface area contributed by atoms with Crippen LogP contribution in [0.4, 0.5) is 9.39 Å². The van der Waals surface area contributed by atoms with E-state index in [1.54, 1.807) is 12.1 Å². The van der Waals surface area contributed by atoms with Crippen molar-refractivity contribution in [2.75, 3.05) is 19.0 Å². The van der Waals surface area contributed by atoms with E-state index in [-0.39, 0.29) is 23.7 Å². The Labute approximate surface area is 203 Å². The molecule has 0 radical (unpaired) electrons. The molecule has 0 unspecified atom stereocenters. The lowest BCUT2D eigenvalue weighted by Gasteiger charge is -2.12. The van der Waals surface area contributed by atoms with Gasteiger partial charge in [0.05, 0.1) is 13.7 Å². The average molecular weight is 484 g/mol. The van der Waals surface area contributed by atoms with Gasteiger partial charge in [-0.05, 0) is 67.1 Å². The Hall–Kier alpha value is -3.19.